The molecule has 0 bridgehead atoms. The van der Waals surface area contributed by atoms with Crippen molar-refractivity contribution in [3.63, 3.8) is 0 Å². The average Bonchev–Trinajstić information content (AvgIpc) is 2.41. The van der Waals surface area contributed by atoms with Crippen molar-refractivity contribution in [2.24, 2.45) is 11.3 Å². The van der Waals surface area contributed by atoms with Gasteiger partial charge in [-0.15, -0.1) is 0 Å². The maximum absolute atomic E-state index is 11.1. The fourth-order valence-corrected chi connectivity index (χ4v) is 3.26. The number of pyridine rings is 1. The summed E-state index contributed by atoms with van der Waals surface area (Å²) < 4.78 is 5.63. The lowest BCUT2D eigenvalue weighted by Gasteiger charge is -2.45. The number of nitrogens with zero attached hydrogens (tertiary/aromatic N) is 1. The normalized spacial score (nSPS) is 29.1. The van der Waals surface area contributed by atoms with Gasteiger partial charge in [0.05, 0.1) is 18.4 Å². The Balaban J connectivity index is 2.21. The van der Waals surface area contributed by atoms with E-state index in [4.69, 9.17) is 4.74 Å². The third kappa shape index (κ3) is 3.14. The Hall–Kier alpha value is -1.09. The van der Waals surface area contributed by atoms with Gasteiger partial charge in [-0.2, -0.15) is 0 Å². The Morgan fingerprint density at radius 3 is 2.75 bits per heavy atom. The van der Waals surface area contributed by atoms with E-state index in [2.05, 4.69) is 32.7 Å². The van der Waals surface area contributed by atoms with Gasteiger partial charge < -0.3 is 9.84 Å². The molecule has 1 fully saturated rings. The van der Waals surface area contributed by atoms with Crippen molar-refractivity contribution < 1.29 is 9.84 Å². The van der Waals surface area contributed by atoms with Crippen LogP contribution >= 0.6 is 0 Å². The van der Waals surface area contributed by atoms with Crippen molar-refractivity contribution >= 4 is 0 Å². The molecule has 1 N–H and O–H groups in total. The predicted octanol–water partition coefficient (Wildman–Crippen LogP) is 3.90. The van der Waals surface area contributed by atoms with Crippen LogP contribution in [0.2, 0.25) is 0 Å². The number of aliphatic hydroxyl groups is 1. The molecule has 0 aromatic carbocycles. The lowest BCUT2D eigenvalue weighted by atomic mass is 9.63. The smallest absolute Gasteiger partial charge is 0.137 e. The molecule has 1 aliphatic carbocycles. The van der Waals surface area contributed by atoms with Gasteiger partial charge in [0.2, 0.25) is 0 Å². The number of hydrogen-bond acceptors (Lipinski definition) is 3. The first kappa shape index (κ1) is 15.3. The summed E-state index contributed by atoms with van der Waals surface area (Å²) in [5.41, 5.74) is 0.442. The minimum Gasteiger partial charge on any atom is -0.492 e. The fourth-order valence-electron chi connectivity index (χ4n) is 3.26. The molecular weight excluding hydrogens is 250 g/mol. The van der Waals surface area contributed by atoms with Crippen LogP contribution in [-0.4, -0.2) is 16.7 Å². The third-order valence-electron chi connectivity index (χ3n) is 4.54. The van der Waals surface area contributed by atoms with E-state index in [1.807, 2.05) is 6.07 Å². The van der Waals surface area contributed by atoms with E-state index in [0.717, 1.165) is 37.0 Å². The van der Waals surface area contributed by atoms with Crippen LogP contribution < -0.4 is 4.74 Å². The maximum atomic E-state index is 11.1. The Labute approximate surface area is 122 Å². The summed E-state index contributed by atoms with van der Waals surface area (Å²) in [4.78, 5) is 4.24. The molecule has 20 heavy (non-hydrogen) atoms. The molecular formula is C17H27NO2. The molecule has 1 heterocycles. The molecule has 1 aromatic rings. The van der Waals surface area contributed by atoms with Crippen LogP contribution in [0.3, 0.4) is 0 Å². The molecule has 0 amide bonds. The highest BCUT2D eigenvalue weighted by Gasteiger charge is 2.43. The van der Waals surface area contributed by atoms with Crippen LogP contribution in [0.4, 0.5) is 0 Å². The Kier molecular flexibility index (Phi) is 4.38. The maximum Gasteiger partial charge on any atom is 0.137 e. The third-order valence-corrected chi connectivity index (χ3v) is 4.54. The highest BCUT2D eigenvalue weighted by atomic mass is 16.5. The van der Waals surface area contributed by atoms with Gasteiger partial charge in [0.25, 0.3) is 0 Å². The SMILES string of the molecule is CCCOc1cncc(C2(O)CCC(C)(C)CC2C)c1. The lowest BCUT2D eigenvalue weighted by molar-refractivity contribution is -0.0773. The minimum absolute atomic E-state index is 0.231. The second kappa shape index (κ2) is 5.72. The van der Waals surface area contributed by atoms with Crippen LogP contribution in [0.1, 0.15) is 58.9 Å². The van der Waals surface area contributed by atoms with Crippen molar-refractivity contribution in [3.05, 3.63) is 24.0 Å². The van der Waals surface area contributed by atoms with E-state index in [1.54, 1.807) is 12.4 Å². The van der Waals surface area contributed by atoms with Crippen LogP contribution in [0.25, 0.3) is 0 Å². The summed E-state index contributed by atoms with van der Waals surface area (Å²) in [7, 11) is 0. The van der Waals surface area contributed by atoms with E-state index >= 15 is 0 Å². The van der Waals surface area contributed by atoms with Crippen molar-refractivity contribution in [3.8, 4) is 5.75 Å². The monoisotopic (exact) mass is 277 g/mol. The van der Waals surface area contributed by atoms with Crippen molar-refractivity contribution in [1.82, 2.24) is 4.98 Å². The van der Waals surface area contributed by atoms with Gasteiger partial charge in [0.15, 0.2) is 0 Å². The largest absolute Gasteiger partial charge is 0.492 e. The van der Waals surface area contributed by atoms with Gasteiger partial charge in [-0.1, -0.05) is 27.7 Å². The zero-order valence-electron chi connectivity index (χ0n) is 13.1. The molecule has 3 heteroatoms. The molecule has 2 unspecified atom stereocenters. The average molecular weight is 277 g/mol. The van der Waals surface area contributed by atoms with Gasteiger partial charge in [-0.05, 0) is 43.1 Å². The second-order valence-electron chi connectivity index (χ2n) is 6.95. The summed E-state index contributed by atoms with van der Waals surface area (Å²) in [6.45, 7) is 9.47. The highest BCUT2D eigenvalue weighted by Crippen LogP contribution is 2.48. The van der Waals surface area contributed by atoms with Crippen molar-refractivity contribution in [2.45, 2.75) is 59.0 Å². The van der Waals surface area contributed by atoms with Gasteiger partial charge >= 0.3 is 0 Å². The quantitative estimate of drug-likeness (QED) is 0.907. The minimum atomic E-state index is -0.770. The zero-order chi connectivity index (χ0) is 14.8. The lowest BCUT2D eigenvalue weighted by Crippen LogP contribution is -2.41. The number of aromatic nitrogens is 1. The standard InChI is InChI=1S/C17H27NO2/c1-5-8-20-15-9-14(11-18-12-15)17(19)7-6-16(3,4)10-13(17)2/h9,11-13,19H,5-8,10H2,1-4H3. The zero-order valence-corrected chi connectivity index (χ0v) is 13.1. The van der Waals surface area contributed by atoms with Crippen LogP contribution in [0, 0.1) is 11.3 Å². The van der Waals surface area contributed by atoms with Gasteiger partial charge in [-0.25, -0.2) is 0 Å². The number of hydrogen-bond donors (Lipinski definition) is 1. The Bertz CT molecular complexity index is 458. The fraction of sp³-hybridized carbons (Fsp3) is 0.706. The first-order chi connectivity index (χ1) is 9.37. The van der Waals surface area contributed by atoms with Crippen LogP contribution in [0.5, 0.6) is 5.75 Å². The van der Waals surface area contributed by atoms with Gasteiger partial charge in [-0.3, -0.25) is 4.98 Å². The molecule has 0 aliphatic heterocycles. The molecule has 1 saturated carbocycles. The summed E-state index contributed by atoms with van der Waals surface area (Å²) in [5, 5.41) is 11.1. The Morgan fingerprint density at radius 2 is 2.10 bits per heavy atom. The van der Waals surface area contributed by atoms with E-state index in [9.17, 15) is 5.11 Å². The van der Waals surface area contributed by atoms with E-state index in [1.165, 1.54) is 0 Å². The Morgan fingerprint density at radius 1 is 1.35 bits per heavy atom. The summed E-state index contributed by atoms with van der Waals surface area (Å²) in [6, 6.07) is 1.96. The number of rotatable bonds is 4. The molecule has 0 spiro atoms. The summed E-state index contributed by atoms with van der Waals surface area (Å²) in [5.74, 6) is 0.990. The molecule has 112 valence electrons. The first-order valence-electron chi connectivity index (χ1n) is 7.68. The van der Waals surface area contributed by atoms with E-state index < -0.39 is 5.60 Å². The van der Waals surface area contributed by atoms with E-state index in [0.29, 0.717) is 12.0 Å². The van der Waals surface area contributed by atoms with Crippen molar-refractivity contribution in [2.75, 3.05) is 6.61 Å². The first-order valence-corrected chi connectivity index (χ1v) is 7.68. The van der Waals surface area contributed by atoms with E-state index in [-0.39, 0.29) is 5.92 Å². The van der Waals surface area contributed by atoms with Crippen LogP contribution in [0.15, 0.2) is 18.5 Å². The molecule has 0 saturated heterocycles. The predicted molar refractivity (Wildman–Crippen MR) is 80.7 cm³/mol. The van der Waals surface area contributed by atoms with Crippen LogP contribution in [-0.2, 0) is 5.60 Å². The van der Waals surface area contributed by atoms with Crippen molar-refractivity contribution in [1.29, 1.82) is 0 Å². The summed E-state index contributed by atoms with van der Waals surface area (Å²) in [6.07, 6.45) is 7.34. The summed E-state index contributed by atoms with van der Waals surface area (Å²) >= 11 is 0. The number of ether oxygens (including phenoxy) is 1. The molecule has 1 aromatic heterocycles. The molecule has 2 atom stereocenters. The highest BCUT2D eigenvalue weighted by molar-refractivity contribution is 5.29. The molecule has 2 rings (SSSR count). The topological polar surface area (TPSA) is 42.4 Å². The molecule has 3 nitrogen and oxygen atoms in total. The molecule has 0 radical (unpaired) electrons. The second-order valence-corrected chi connectivity index (χ2v) is 6.95. The van der Waals surface area contributed by atoms with Gasteiger partial charge in [0.1, 0.15) is 5.75 Å². The molecule has 1 aliphatic rings. The van der Waals surface area contributed by atoms with Gasteiger partial charge in [0, 0.05) is 11.8 Å².